The van der Waals surface area contributed by atoms with Gasteiger partial charge < -0.3 is 15.3 Å². The van der Waals surface area contributed by atoms with Crippen molar-refractivity contribution >= 4 is 17.8 Å². The molecule has 1 unspecified atom stereocenters. The number of aliphatic hydroxyl groups is 1. The second kappa shape index (κ2) is 6.92. The summed E-state index contributed by atoms with van der Waals surface area (Å²) < 4.78 is 0. The maximum absolute atomic E-state index is 8.78. The lowest BCUT2D eigenvalue weighted by atomic mass is 10.2. The molecule has 18 heavy (non-hydrogen) atoms. The summed E-state index contributed by atoms with van der Waals surface area (Å²) in [5, 5.41) is 11.9. The highest BCUT2D eigenvalue weighted by molar-refractivity contribution is 5.42. The van der Waals surface area contributed by atoms with E-state index in [-0.39, 0.29) is 12.6 Å². The Morgan fingerprint density at radius 3 is 2.50 bits per heavy atom. The third-order valence-electron chi connectivity index (χ3n) is 2.32. The number of hydrogen-bond donors (Lipinski definition) is 4. The predicted molar refractivity (Wildman–Crippen MR) is 71.4 cm³/mol. The molecule has 102 valence electrons. The van der Waals surface area contributed by atoms with Crippen molar-refractivity contribution in [3.05, 3.63) is 0 Å². The summed E-state index contributed by atoms with van der Waals surface area (Å²) in [6.07, 6.45) is 1.58. The topological polar surface area (TPSA) is 112 Å². The molecule has 1 aromatic rings. The highest BCUT2D eigenvalue weighted by Crippen LogP contribution is 2.12. The van der Waals surface area contributed by atoms with Crippen LogP contribution < -0.4 is 21.5 Å². The first-order valence-corrected chi connectivity index (χ1v) is 5.84. The van der Waals surface area contributed by atoms with Gasteiger partial charge in [0.2, 0.25) is 17.8 Å². The Hall–Kier alpha value is -1.67. The van der Waals surface area contributed by atoms with E-state index < -0.39 is 0 Å². The molecule has 0 amide bonds. The molecular weight excluding hydrogens is 234 g/mol. The van der Waals surface area contributed by atoms with Crippen LogP contribution in [-0.4, -0.2) is 46.8 Å². The van der Waals surface area contributed by atoms with Crippen LogP contribution in [0, 0.1) is 0 Å². The summed E-state index contributed by atoms with van der Waals surface area (Å²) in [5.74, 6) is 6.62. The minimum Gasteiger partial charge on any atom is -0.396 e. The smallest absolute Gasteiger partial charge is 0.243 e. The van der Waals surface area contributed by atoms with Crippen molar-refractivity contribution in [2.75, 3.05) is 36.3 Å². The van der Waals surface area contributed by atoms with E-state index in [4.69, 9.17) is 10.9 Å². The summed E-state index contributed by atoms with van der Waals surface area (Å²) in [5.41, 5.74) is 2.41. The van der Waals surface area contributed by atoms with E-state index in [1.54, 1.807) is 4.90 Å². The number of nitrogens with one attached hydrogen (secondary N) is 2. The largest absolute Gasteiger partial charge is 0.396 e. The summed E-state index contributed by atoms with van der Waals surface area (Å²) in [6.45, 7) is 2.19. The van der Waals surface area contributed by atoms with Gasteiger partial charge in [0.15, 0.2) is 0 Å². The number of hydrogen-bond acceptors (Lipinski definition) is 8. The van der Waals surface area contributed by atoms with Gasteiger partial charge in [-0.15, -0.1) is 0 Å². The van der Waals surface area contributed by atoms with Crippen LogP contribution in [0.15, 0.2) is 0 Å². The minimum absolute atomic E-state index is 0.167. The van der Waals surface area contributed by atoms with Gasteiger partial charge in [-0.05, 0) is 19.8 Å². The zero-order chi connectivity index (χ0) is 13.5. The zero-order valence-electron chi connectivity index (χ0n) is 11.0. The number of nitrogens with zero attached hydrogens (tertiary/aromatic N) is 4. The molecule has 1 rings (SSSR count). The molecule has 1 aromatic heterocycles. The first-order valence-electron chi connectivity index (χ1n) is 5.84. The Morgan fingerprint density at radius 1 is 1.28 bits per heavy atom. The van der Waals surface area contributed by atoms with Crippen molar-refractivity contribution < 1.29 is 5.11 Å². The van der Waals surface area contributed by atoms with E-state index in [9.17, 15) is 0 Å². The maximum atomic E-state index is 8.78. The van der Waals surface area contributed by atoms with Crippen molar-refractivity contribution in [2.24, 2.45) is 5.84 Å². The molecule has 0 aliphatic carbocycles. The Labute approximate surface area is 107 Å². The van der Waals surface area contributed by atoms with Gasteiger partial charge in [-0.25, -0.2) is 5.84 Å². The van der Waals surface area contributed by atoms with Crippen molar-refractivity contribution in [1.82, 2.24) is 15.0 Å². The van der Waals surface area contributed by atoms with E-state index >= 15 is 0 Å². The highest BCUT2D eigenvalue weighted by Gasteiger charge is 2.09. The van der Waals surface area contributed by atoms with Crippen LogP contribution in [0.1, 0.15) is 19.8 Å². The summed E-state index contributed by atoms with van der Waals surface area (Å²) in [4.78, 5) is 14.3. The molecule has 1 atom stereocenters. The van der Waals surface area contributed by atoms with E-state index in [0.29, 0.717) is 17.8 Å². The van der Waals surface area contributed by atoms with Crippen LogP contribution in [0.4, 0.5) is 17.8 Å². The lowest BCUT2D eigenvalue weighted by molar-refractivity contribution is 0.282. The van der Waals surface area contributed by atoms with Gasteiger partial charge in [-0.1, -0.05) is 0 Å². The number of hydrazine groups is 1. The Morgan fingerprint density at radius 2 is 1.94 bits per heavy atom. The van der Waals surface area contributed by atoms with Crippen LogP contribution in [0.2, 0.25) is 0 Å². The van der Waals surface area contributed by atoms with Gasteiger partial charge in [0.1, 0.15) is 0 Å². The Bertz CT molecular complexity index is 371. The zero-order valence-corrected chi connectivity index (χ0v) is 11.0. The molecule has 0 saturated carbocycles. The lowest BCUT2D eigenvalue weighted by Gasteiger charge is -2.16. The minimum atomic E-state index is 0.167. The first-order chi connectivity index (χ1) is 8.56. The monoisotopic (exact) mass is 255 g/mol. The van der Waals surface area contributed by atoms with Crippen LogP contribution in [0.25, 0.3) is 0 Å². The van der Waals surface area contributed by atoms with Crippen molar-refractivity contribution in [2.45, 2.75) is 25.8 Å². The molecule has 0 aromatic carbocycles. The number of aliphatic hydroxyl groups excluding tert-OH is 1. The van der Waals surface area contributed by atoms with E-state index in [2.05, 4.69) is 25.7 Å². The van der Waals surface area contributed by atoms with E-state index in [0.717, 1.165) is 12.8 Å². The second-order valence-electron chi connectivity index (χ2n) is 4.23. The maximum Gasteiger partial charge on any atom is 0.243 e. The quantitative estimate of drug-likeness (QED) is 0.391. The van der Waals surface area contributed by atoms with Gasteiger partial charge in [0.05, 0.1) is 0 Å². The van der Waals surface area contributed by atoms with Crippen LogP contribution in [-0.2, 0) is 0 Å². The Kier molecular flexibility index (Phi) is 5.53. The average Bonchev–Trinajstić information content (AvgIpc) is 2.35. The normalized spacial score (nSPS) is 12.1. The molecule has 0 aliphatic heterocycles. The molecule has 0 radical (unpaired) electrons. The number of nitrogens with two attached hydrogens (primary N) is 1. The van der Waals surface area contributed by atoms with Gasteiger partial charge in [-0.3, -0.25) is 5.43 Å². The fourth-order valence-electron chi connectivity index (χ4n) is 1.38. The third-order valence-corrected chi connectivity index (χ3v) is 2.32. The van der Waals surface area contributed by atoms with Crippen LogP contribution in [0.3, 0.4) is 0 Å². The summed E-state index contributed by atoms with van der Waals surface area (Å²) in [6, 6.07) is 0.167. The fraction of sp³-hybridized carbons (Fsp3) is 0.700. The molecule has 5 N–H and O–H groups in total. The summed E-state index contributed by atoms with van der Waals surface area (Å²) in [7, 11) is 3.68. The molecule has 8 heteroatoms. The van der Waals surface area contributed by atoms with Crippen molar-refractivity contribution in [1.29, 1.82) is 0 Å². The average molecular weight is 255 g/mol. The van der Waals surface area contributed by atoms with Gasteiger partial charge in [-0.2, -0.15) is 15.0 Å². The molecular formula is C10H21N7O. The molecule has 8 nitrogen and oxygen atoms in total. The van der Waals surface area contributed by atoms with Gasteiger partial charge in [0.25, 0.3) is 0 Å². The number of aromatic nitrogens is 3. The molecule has 0 fully saturated rings. The van der Waals surface area contributed by atoms with Crippen LogP contribution in [0.5, 0.6) is 0 Å². The number of anilines is 3. The third kappa shape index (κ3) is 4.30. The number of rotatable bonds is 7. The Balaban J connectivity index is 2.77. The van der Waals surface area contributed by atoms with Gasteiger partial charge >= 0.3 is 0 Å². The molecule has 1 heterocycles. The highest BCUT2D eigenvalue weighted by atomic mass is 16.2. The van der Waals surface area contributed by atoms with E-state index in [1.807, 2.05) is 21.0 Å². The summed E-state index contributed by atoms with van der Waals surface area (Å²) >= 11 is 0. The van der Waals surface area contributed by atoms with E-state index in [1.165, 1.54) is 0 Å². The molecule has 0 aliphatic rings. The predicted octanol–water partition coefficient (Wildman–Crippen LogP) is -0.204. The first kappa shape index (κ1) is 14.4. The van der Waals surface area contributed by atoms with Crippen molar-refractivity contribution in [3.8, 4) is 0 Å². The fourth-order valence-corrected chi connectivity index (χ4v) is 1.38. The second-order valence-corrected chi connectivity index (χ2v) is 4.23. The van der Waals surface area contributed by atoms with Crippen LogP contribution >= 0.6 is 0 Å². The van der Waals surface area contributed by atoms with Crippen molar-refractivity contribution in [3.63, 3.8) is 0 Å². The SMILES string of the molecule is CC(CCCO)Nc1nc(NN)nc(N(C)C)n1. The molecule has 0 spiro atoms. The lowest BCUT2D eigenvalue weighted by Crippen LogP contribution is -2.22. The molecule has 0 saturated heterocycles. The number of nitrogen functional groups attached to an aromatic ring is 1. The standard InChI is InChI=1S/C10H21N7O/c1-7(5-4-6-18)12-8-13-9(16-11)15-10(14-8)17(2)3/h7,18H,4-6,11H2,1-3H3,(H2,12,13,14,15,16). The van der Waals surface area contributed by atoms with Gasteiger partial charge in [0, 0.05) is 26.7 Å². The molecule has 0 bridgehead atoms.